The maximum Gasteiger partial charge on any atom is 0.300 e. The largest absolute Gasteiger partial charge is 0.507 e. The van der Waals surface area contributed by atoms with Gasteiger partial charge in [0, 0.05) is 21.3 Å². The normalized spacial score (nSPS) is 17.6. The van der Waals surface area contributed by atoms with Crippen LogP contribution in [0.25, 0.3) is 5.76 Å². The number of aryl methyl sites for hydroxylation is 2. The molecule has 0 aromatic heterocycles. The summed E-state index contributed by atoms with van der Waals surface area (Å²) in [6.07, 6.45) is 0. The number of hydrogen-bond donors (Lipinski definition) is 1. The van der Waals surface area contributed by atoms with Crippen LogP contribution in [0.2, 0.25) is 0 Å². The van der Waals surface area contributed by atoms with Crippen LogP contribution in [-0.4, -0.2) is 23.9 Å². The van der Waals surface area contributed by atoms with Gasteiger partial charge in [0.1, 0.15) is 11.5 Å². The first-order valence-corrected chi connectivity index (χ1v) is 10.9. The Morgan fingerprint density at radius 3 is 2.31 bits per heavy atom. The van der Waals surface area contributed by atoms with Gasteiger partial charge in [-0.2, -0.15) is 0 Å². The third-order valence-electron chi connectivity index (χ3n) is 5.76. The highest BCUT2D eigenvalue weighted by molar-refractivity contribution is 9.10. The van der Waals surface area contributed by atoms with Crippen molar-refractivity contribution < 1.29 is 19.4 Å². The van der Waals surface area contributed by atoms with E-state index in [4.69, 9.17) is 4.74 Å². The Hall–Kier alpha value is -3.38. The van der Waals surface area contributed by atoms with Crippen molar-refractivity contribution in [2.24, 2.45) is 0 Å². The molecule has 4 rings (SSSR count). The van der Waals surface area contributed by atoms with E-state index in [1.807, 2.05) is 44.2 Å². The number of para-hydroxylation sites is 1. The number of aliphatic hydroxyl groups is 1. The average Bonchev–Trinajstić information content (AvgIpc) is 3.06. The topological polar surface area (TPSA) is 66.8 Å². The van der Waals surface area contributed by atoms with E-state index in [1.54, 1.807) is 36.4 Å². The predicted molar refractivity (Wildman–Crippen MR) is 128 cm³/mol. The summed E-state index contributed by atoms with van der Waals surface area (Å²) >= 11 is 3.38. The van der Waals surface area contributed by atoms with Crippen LogP contribution in [0.1, 0.15) is 28.3 Å². The Bertz CT molecular complexity index is 1250. The standard InChI is InChI=1S/C26H22BrNO4/c1-15-8-13-19(14-16(15)2)28-23(20-6-4-5-7-21(20)32-3)22(25(30)26(28)31)24(29)17-9-11-18(27)12-10-17/h4-14,23,29H,1-3H3/b24-22+. The zero-order valence-electron chi connectivity index (χ0n) is 17.9. The SMILES string of the molecule is COc1ccccc1C1/C(=C(\O)c2ccc(Br)cc2)C(=O)C(=O)N1c1ccc(C)c(C)c1. The fourth-order valence-corrected chi connectivity index (χ4v) is 4.19. The highest BCUT2D eigenvalue weighted by Gasteiger charge is 2.47. The third kappa shape index (κ3) is 3.71. The van der Waals surface area contributed by atoms with Crippen molar-refractivity contribution in [3.05, 3.63) is 99.0 Å². The van der Waals surface area contributed by atoms with Crippen LogP contribution in [0.4, 0.5) is 5.69 Å². The Balaban J connectivity index is 1.99. The van der Waals surface area contributed by atoms with Gasteiger partial charge in [-0.3, -0.25) is 14.5 Å². The number of halogens is 1. The summed E-state index contributed by atoms with van der Waals surface area (Å²) in [7, 11) is 1.54. The minimum absolute atomic E-state index is 0.0278. The number of carbonyl (C=O) groups is 2. The van der Waals surface area contributed by atoms with E-state index >= 15 is 0 Å². The fraction of sp³-hybridized carbons (Fsp3) is 0.154. The first-order valence-electron chi connectivity index (χ1n) is 10.1. The second kappa shape index (κ2) is 8.63. The molecule has 0 radical (unpaired) electrons. The molecule has 1 aliphatic rings. The summed E-state index contributed by atoms with van der Waals surface area (Å²) < 4.78 is 6.38. The smallest absolute Gasteiger partial charge is 0.300 e. The first-order chi connectivity index (χ1) is 15.3. The molecule has 1 aliphatic heterocycles. The highest BCUT2D eigenvalue weighted by atomic mass is 79.9. The number of carbonyl (C=O) groups excluding carboxylic acids is 2. The molecule has 162 valence electrons. The molecule has 1 amide bonds. The summed E-state index contributed by atoms with van der Waals surface area (Å²) in [6.45, 7) is 3.94. The molecule has 1 fully saturated rings. The van der Waals surface area contributed by atoms with Gasteiger partial charge in [-0.25, -0.2) is 0 Å². The molecule has 1 saturated heterocycles. The lowest BCUT2D eigenvalue weighted by Crippen LogP contribution is -2.29. The number of amides is 1. The van der Waals surface area contributed by atoms with E-state index in [0.29, 0.717) is 22.6 Å². The van der Waals surface area contributed by atoms with Gasteiger partial charge >= 0.3 is 0 Å². The Labute approximate surface area is 195 Å². The van der Waals surface area contributed by atoms with Gasteiger partial charge in [0.15, 0.2) is 0 Å². The minimum Gasteiger partial charge on any atom is -0.507 e. The maximum absolute atomic E-state index is 13.3. The van der Waals surface area contributed by atoms with E-state index in [-0.39, 0.29) is 11.3 Å². The summed E-state index contributed by atoms with van der Waals surface area (Å²) in [5.74, 6) is -1.13. The molecule has 0 aliphatic carbocycles. The number of anilines is 1. The zero-order valence-corrected chi connectivity index (χ0v) is 19.5. The molecule has 0 spiro atoms. The van der Waals surface area contributed by atoms with Crippen molar-refractivity contribution in [2.45, 2.75) is 19.9 Å². The lowest BCUT2D eigenvalue weighted by Gasteiger charge is -2.27. The Morgan fingerprint density at radius 1 is 0.969 bits per heavy atom. The molecule has 1 heterocycles. The minimum atomic E-state index is -0.836. The van der Waals surface area contributed by atoms with Crippen LogP contribution in [-0.2, 0) is 9.59 Å². The first kappa shape index (κ1) is 21.8. The van der Waals surface area contributed by atoms with Gasteiger partial charge in [-0.15, -0.1) is 0 Å². The molecule has 1 N–H and O–H groups in total. The van der Waals surface area contributed by atoms with E-state index in [2.05, 4.69) is 15.9 Å². The second-order valence-electron chi connectivity index (χ2n) is 7.69. The molecular weight excluding hydrogens is 470 g/mol. The summed E-state index contributed by atoms with van der Waals surface area (Å²) in [6, 6.07) is 18.9. The molecule has 0 bridgehead atoms. The van der Waals surface area contributed by atoms with Crippen molar-refractivity contribution in [3.8, 4) is 5.75 Å². The molecule has 1 unspecified atom stereocenters. The average molecular weight is 492 g/mol. The quantitative estimate of drug-likeness (QED) is 0.288. The molecule has 0 saturated carbocycles. The van der Waals surface area contributed by atoms with Crippen LogP contribution in [0.15, 0.2) is 76.8 Å². The van der Waals surface area contributed by atoms with Crippen molar-refractivity contribution in [3.63, 3.8) is 0 Å². The van der Waals surface area contributed by atoms with Crippen LogP contribution >= 0.6 is 15.9 Å². The fourth-order valence-electron chi connectivity index (χ4n) is 3.92. The number of ether oxygens (including phenoxy) is 1. The van der Waals surface area contributed by atoms with Crippen LogP contribution in [0.3, 0.4) is 0 Å². The number of rotatable bonds is 4. The number of Topliss-reactive ketones (excluding diaryl/α,β-unsaturated/α-hetero) is 1. The Morgan fingerprint density at radius 2 is 1.66 bits per heavy atom. The van der Waals surface area contributed by atoms with Crippen molar-refractivity contribution in [2.75, 3.05) is 12.0 Å². The van der Waals surface area contributed by atoms with Crippen LogP contribution in [0, 0.1) is 13.8 Å². The van der Waals surface area contributed by atoms with Crippen LogP contribution < -0.4 is 9.64 Å². The van der Waals surface area contributed by atoms with Gasteiger partial charge < -0.3 is 9.84 Å². The highest BCUT2D eigenvalue weighted by Crippen LogP contribution is 2.45. The maximum atomic E-state index is 13.3. The van der Waals surface area contributed by atoms with Crippen molar-refractivity contribution in [1.29, 1.82) is 0 Å². The van der Waals surface area contributed by atoms with Gasteiger partial charge in [0.05, 0.1) is 18.7 Å². The molecule has 5 nitrogen and oxygen atoms in total. The monoisotopic (exact) mass is 491 g/mol. The number of nitrogens with zero attached hydrogens (tertiary/aromatic N) is 1. The number of ketones is 1. The third-order valence-corrected chi connectivity index (χ3v) is 6.29. The molecule has 3 aromatic rings. The van der Waals surface area contributed by atoms with Crippen LogP contribution in [0.5, 0.6) is 5.75 Å². The lowest BCUT2D eigenvalue weighted by atomic mass is 9.94. The van der Waals surface area contributed by atoms with Gasteiger partial charge in [-0.05, 0) is 55.3 Å². The molecule has 3 aromatic carbocycles. The molecular formula is C26H22BrNO4. The summed E-state index contributed by atoms with van der Waals surface area (Å²) in [5.41, 5.74) is 3.75. The van der Waals surface area contributed by atoms with Gasteiger partial charge in [0.2, 0.25) is 0 Å². The number of methoxy groups -OCH3 is 1. The molecule has 32 heavy (non-hydrogen) atoms. The van der Waals surface area contributed by atoms with Crippen molar-refractivity contribution in [1.82, 2.24) is 0 Å². The molecule has 6 heteroatoms. The number of aliphatic hydroxyl groups excluding tert-OH is 1. The Kier molecular flexibility index (Phi) is 5.89. The summed E-state index contributed by atoms with van der Waals surface area (Å²) in [4.78, 5) is 28.0. The lowest BCUT2D eigenvalue weighted by molar-refractivity contribution is -0.132. The van der Waals surface area contributed by atoms with Gasteiger partial charge in [-0.1, -0.05) is 52.3 Å². The predicted octanol–water partition coefficient (Wildman–Crippen LogP) is 5.70. The van der Waals surface area contributed by atoms with Crippen molar-refractivity contribution >= 4 is 39.1 Å². The van der Waals surface area contributed by atoms with Gasteiger partial charge in [0.25, 0.3) is 11.7 Å². The second-order valence-corrected chi connectivity index (χ2v) is 8.60. The number of benzene rings is 3. The molecule has 1 atom stereocenters. The van der Waals surface area contributed by atoms with E-state index < -0.39 is 17.7 Å². The van der Waals surface area contributed by atoms with E-state index in [9.17, 15) is 14.7 Å². The number of hydrogen-bond acceptors (Lipinski definition) is 4. The van der Waals surface area contributed by atoms with E-state index in [0.717, 1.165) is 15.6 Å². The van der Waals surface area contributed by atoms with E-state index in [1.165, 1.54) is 12.0 Å². The summed E-state index contributed by atoms with van der Waals surface area (Å²) in [5, 5.41) is 11.2. The zero-order chi connectivity index (χ0) is 23.0.